The summed E-state index contributed by atoms with van der Waals surface area (Å²) in [6.07, 6.45) is 0.982. The van der Waals surface area contributed by atoms with Crippen molar-refractivity contribution in [2.24, 2.45) is 0 Å². The molecule has 2 amide bonds. The Hall–Kier alpha value is -4.40. The van der Waals surface area contributed by atoms with E-state index in [2.05, 4.69) is 31.0 Å². The van der Waals surface area contributed by atoms with Gasteiger partial charge in [-0.15, -0.1) is 31.7 Å². The molecule has 3 heterocycles. The van der Waals surface area contributed by atoms with Crippen LogP contribution in [0.15, 0.2) is 60.0 Å². The van der Waals surface area contributed by atoms with Crippen LogP contribution in [0, 0.1) is 6.92 Å². The lowest BCUT2D eigenvalue weighted by Gasteiger charge is -2.14. The van der Waals surface area contributed by atoms with Crippen LogP contribution in [0.4, 0.5) is 10.3 Å². The molecule has 0 aliphatic carbocycles. The zero-order valence-electron chi connectivity index (χ0n) is 23.4. The van der Waals surface area contributed by atoms with E-state index >= 15 is 0 Å². The van der Waals surface area contributed by atoms with Crippen LogP contribution in [0.2, 0.25) is 0 Å². The predicted molar refractivity (Wildman–Crippen MR) is 167 cm³/mol. The number of carbonyl (C=O) groups is 2. The average Bonchev–Trinajstić information content (AvgIpc) is 3.76. The number of benzene rings is 2. The van der Waals surface area contributed by atoms with Crippen molar-refractivity contribution in [3.05, 3.63) is 86.0 Å². The largest absolute Gasteiger partial charge is 0.493 e. The molecule has 14 heteroatoms. The van der Waals surface area contributed by atoms with Gasteiger partial charge in [0.15, 0.2) is 11.5 Å². The molecule has 5 rings (SSSR count). The molecule has 0 spiro atoms. The van der Waals surface area contributed by atoms with E-state index in [0.717, 1.165) is 26.0 Å². The first-order chi connectivity index (χ1) is 20.9. The maximum atomic E-state index is 12.5. The van der Waals surface area contributed by atoms with Crippen LogP contribution in [0.5, 0.6) is 17.2 Å². The molecule has 0 bridgehead atoms. The molecule has 222 valence electrons. The number of amides is 2. The Morgan fingerprint density at radius 3 is 2.28 bits per heavy atom. The van der Waals surface area contributed by atoms with Crippen molar-refractivity contribution < 1.29 is 23.8 Å². The summed E-state index contributed by atoms with van der Waals surface area (Å²) in [4.78, 5) is 25.7. The molecule has 43 heavy (non-hydrogen) atoms. The highest BCUT2D eigenvalue weighted by Gasteiger charge is 2.14. The summed E-state index contributed by atoms with van der Waals surface area (Å²) in [6, 6.07) is 16.9. The van der Waals surface area contributed by atoms with Crippen LogP contribution in [-0.4, -0.2) is 52.5 Å². The Bertz CT molecular complexity index is 1670. The molecule has 11 nitrogen and oxygen atoms in total. The van der Waals surface area contributed by atoms with E-state index < -0.39 is 0 Å². The van der Waals surface area contributed by atoms with Crippen molar-refractivity contribution in [1.29, 1.82) is 0 Å². The fraction of sp³-hybridized carbons (Fsp3) is 0.241. The Morgan fingerprint density at radius 2 is 1.53 bits per heavy atom. The second-order valence-electron chi connectivity index (χ2n) is 9.12. The molecule has 5 aromatic rings. The number of nitrogens with zero attached hydrogens (tertiary/aromatic N) is 4. The van der Waals surface area contributed by atoms with Gasteiger partial charge in [-0.05, 0) is 42.1 Å². The first kappa shape index (κ1) is 30.1. The molecule has 0 atom stereocenters. The summed E-state index contributed by atoms with van der Waals surface area (Å²) in [6.45, 7) is 2.37. The molecule has 3 aromatic heterocycles. The number of aromatic nitrogens is 4. The molecule has 0 radical (unpaired) electrons. The Labute approximate surface area is 259 Å². The van der Waals surface area contributed by atoms with Gasteiger partial charge in [-0.25, -0.2) is 0 Å². The number of rotatable bonds is 14. The number of para-hydroxylation sites is 1. The number of nitrogens with one attached hydrogen (secondary N) is 2. The van der Waals surface area contributed by atoms with Gasteiger partial charge >= 0.3 is 0 Å². The third-order valence-corrected chi connectivity index (χ3v) is 8.38. The highest BCUT2D eigenvalue weighted by Crippen LogP contribution is 2.30. The highest BCUT2D eigenvalue weighted by atomic mass is 32.1. The molecule has 2 aromatic carbocycles. The molecule has 0 unspecified atom stereocenters. The second-order valence-corrected chi connectivity index (χ2v) is 12.4. The normalized spacial score (nSPS) is 10.7. The van der Waals surface area contributed by atoms with Crippen molar-refractivity contribution in [3.8, 4) is 17.2 Å². The van der Waals surface area contributed by atoms with E-state index in [1.807, 2.05) is 66.9 Å². The number of carbonyl (C=O) groups excluding carboxylic acids is 2. The van der Waals surface area contributed by atoms with Gasteiger partial charge in [-0.3, -0.25) is 9.59 Å². The summed E-state index contributed by atoms with van der Waals surface area (Å²) >= 11 is 4.20. The topological polar surface area (TPSA) is 137 Å². The van der Waals surface area contributed by atoms with Crippen molar-refractivity contribution >= 4 is 56.1 Å². The lowest BCUT2D eigenvalue weighted by Crippen LogP contribution is -2.16. The number of anilines is 2. The van der Waals surface area contributed by atoms with Gasteiger partial charge in [-0.2, -0.15) is 0 Å². The van der Waals surface area contributed by atoms with Crippen LogP contribution >= 0.6 is 34.0 Å². The van der Waals surface area contributed by atoms with E-state index in [1.165, 1.54) is 22.7 Å². The third-order valence-electron chi connectivity index (χ3n) is 5.91. The Kier molecular flexibility index (Phi) is 10.3. The summed E-state index contributed by atoms with van der Waals surface area (Å²) in [5.74, 6) is 1.45. The van der Waals surface area contributed by atoms with Gasteiger partial charge in [-0.1, -0.05) is 53.0 Å². The minimum absolute atomic E-state index is 0.120. The average molecular weight is 637 g/mol. The third kappa shape index (κ3) is 8.80. The van der Waals surface area contributed by atoms with E-state index in [0.29, 0.717) is 40.4 Å². The number of thiophene rings is 1. The lowest BCUT2D eigenvalue weighted by molar-refractivity contribution is -0.116. The molecular formula is C29H28N6O5S3. The number of aryl methyl sites for hydroxylation is 1. The number of hydrogen-bond donors (Lipinski definition) is 2. The smallest absolute Gasteiger partial charge is 0.231 e. The molecule has 0 aliphatic rings. The predicted octanol–water partition coefficient (Wildman–Crippen LogP) is 5.18. The minimum Gasteiger partial charge on any atom is -0.493 e. The van der Waals surface area contributed by atoms with Crippen molar-refractivity contribution in [3.63, 3.8) is 0 Å². The summed E-state index contributed by atoms with van der Waals surface area (Å²) in [7, 11) is 1.58. The lowest BCUT2D eigenvalue weighted by atomic mass is 10.1. The van der Waals surface area contributed by atoms with Gasteiger partial charge in [0, 0.05) is 16.9 Å². The van der Waals surface area contributed by atoms with E-state index in [1.54, 1.807) is 18.4 Å². The summed E-state index contributed by atoms with van der Waals surface area (Å²) in [5.41, 5.74) is 1.72. The molecule has 0 aliphatic heterocycles. The van der Waals surface area contributed by atoms with Gasteiger partial charge < -0.3 is 24.8 Å². The summed E-state index contributed by atoms with van der Waals surface area (Å²) < 4.78 is 17.4. The maximum Gasteiger partial charge on any atom is 0.231 e. The molecule has 2 N–H and O–H groups in total. The van der Waals surface area contributed by atoms with E-state index in [9.17, 15) is 9.59 Å². The Morgan fingerprint density at radius 1 is 0.791 bits per heavy atom. The number of ether oxygens (including phenoxy) is 3. The Balaban J connectivity index is 1.10. The zero-order chi connectivity index (χ0) is 30.0. The first-order valence-corrected chi connectivity index (χ1v) is 15.7. The van der Waals surface area contributed by atoms with Gasteiger partial charge in [0.25, 0.3) is 0 Å². The van der Waals surface area contributed by atoms with E-state index in [-0.39, 0.29) is 31.4 Å². The van der Waals surface area contributed by atoms with Gasteiger partial charge in [0.2, 0.25) is 22.1 Å². The number of hydrogen-bond acceptors (Lipinski definition) is 12. The highest BCUT2D eigenvalue weighted by molar-refractivity contribution is 7.15. The van der Waals surface area contributed by atoms with Crippen LogP contribution < -0.4 is 24.8 Å². The SMILES string of the molecule is COc1cc(Cc2nnc(NC(=O)Cc3cccs3)s2)ccc1OCCOc1ccccc1CC(=O)Nc1nnc(C)s1. The maximum absolute atomic E-state index is 12.5. The fourth-order valence-electron chi connectivity index (χ4n) is 4.00. The number of methoxy groups -OCH3 is 1. The van der Waals surface area contributed by atoms with E-state index in [4.69, 9.17) is 14.2 Å². The van der Waals surface area contributed by atoms with Crippen molar-refractivity contribution in [2.75, 3.05) is 31.0 Å². The minimum atomic E-state index is -0.197. The summed E-state index contributed by atoms with van der Waals surface area (Å²) in [5, 5.41) is 26.2. The zero-order valence-corrected chi connectivity index (χ0v) is 25.8. The molecule has 0 saturated heterocycles. The second kappa shape index (κ2) is 14.7. The van der Waals surface area contributed by atoms with Gasteiger partial charge in [0.05, 0.1) is 20.0 Å². The van der Waals surface area contributed by atoms with Crippen molar-refractivity contribution in [1.82, 2.24) is 20.4 Å². The quantitative estimate of drug-likeness (QED) is 0.158. The fourth-order valence-corrected chi connectivity index (χ4v) is 6.11. The molecule has 0 fully saturated rings. The van der Waals surface area contributed by atoms with Crippen LogP contribution in [0.3, 0.4) is 0 Å². The van der Waals surface area contributed by atoms with Gasteiger partial charge in [0.1, 0.15) is 29.0 Å². The standard InChI is InChI=1S/C29H28N6O5S3/c1-18-32-34-28(42-18)30-25(36)16-20-6-3-4-8-22(20)39-11-12-40-23-10-9-19(14-24(23)38-2)15-27-33-35-29(43-27)31-26(37)17-21-7-5-13-41-21/h3-10,13-14H,11-12,15-17H2,1-2H3,(H,30,34,36)(H,31,35,37). The van der Waals surface area contributed by atoms with Crippen LogP contribution in [0.25, 0.3) is 0 Å². The first-order valence-electron chi connectivity index (χ1n) is 13.2. The van der Waals surface area contributed by atoms with Crippen LogP contribution in [0.1, 0.15) is 26.0 Å². The van der Waals surface area contributed by atoms with Crippen LogP contribution in [-0.2, 0) is 28.9 Å². The molecule has 0 saturated carbocycles. The van der Waals surface area contributed by atoms with Crippen molar-refractivity contribution in [2.45, 2.75) is 26.2 Å². The monoisotopic (exact) mass is 636 g/mol. The molecular weight excluding hydrogens is 609 g/mol.